The Balaban J connectivity index is 2.99. The summed E-state index contributed by atoms with van der Waals surface area (Å²) >= 11 is 0. The molecule has 2 amide bonds. The highest BCUT2D eigenvalue weighted by atomic mass is 28.3. The second-order valence-corrected chi connectivity index (χ2v) is 14.0. The fraction of sp³-hybridized carbons (Fsp3) is 0.522. The first-order valence-corrected chi connectivity index (χ1v) is 13.2. The van der Waals surface area contributed by atoms with Crippen LogP contribution < -0.4 is 10.6 Å². The molecule has 0 saturated carbocycles. The molecular weight excluding hydrogens is 415 g/mol. The summed E-state index contributed by atoms with van der Waals surface area (Å²) in [6.07, 6.45) is 0.253. The highest BCUT2D eigenvalue weighted by Crippen LogP contribution is 2.35. The van der Waals surface area contributed by atoms with E-state index in [1.54, 1.807) is 12.1 Å². The fourth-order valence-corrected chi connectivity index (χ4v) is 3.40. The maximum Gasteiger partial charge on any atom is 0.329 e. The first-order chi connectivity index (χ1) is 14.3. The number of amides is 2. The molecule has 1 rings (SSSR count). The molecule has 0 unspecified atom stereocenters. The van der Waals surface area contributed by atoms with E-state index in [4.69, 9.17) is 4.74 Å². The van der Waals surface area contributed by atoms with Crippen molar-refractivity contribution in [2.75, 3.05) is 7.11 Å². The lowest BCUT2D eigenvalue weighted by molar-refractivity contribution is -0.145. The minimum atomic E-state index is -1.87. The van der Waals surface area contributed by atoms with E-state index in [0.717, 1.165) is 0 Å². The van der Waals surface area contributed by atoms with Gasteiger partial charge >= 0.3 is 5.97 Å². The second-order valence-electron chi connectivity index (χ2n) is 9.05. The van der Waals surface area contributed by atoms with Crippen molar-refractivity contribution < 1.29 is 23.5 Å². The number of esters is 1. The van der Waals surface area contributed by atoms with E-state index < -0.39 is 43.8 Å². The number of carbonyl (C=O) groups is 3. The van der Waals surface area contributed by atoms with Gasteiger partial charge in [0.1, 0.15) is 26.0 Å². The van der Waals surface area contributed by atoms with Gasteiger partial charge in [-0.05, 0) is 22.7 Å². The third kappa shape index (κ3) is 8.54. The third-order valence-electron chi connectivity index (χ3n) is 5.43. The zero-order chi connectivity index (χ0) is 23.8. The fourth-order valence-electron chi connectivity index (χ4n) is 2.48. The maximum absolute atomic E-state index is 13.2. The molecule has 8 heteroatoms. The van der Waals surface area contributed by atoms with Crippen LogP contribution in [0.1, 0.15) is 39.7 Å². The van der Waals surface area contributed by atoms with Crippen LogP contribution in [0.3, 0.4) is 0 Å². The van der Waals surface area contributed by atoms with Crippen LogP contribution in [0.15, 0.2) is 24.3 Å². The van der Waals surface area contributed by atoms with Crippen LogP contribution in [0.25, 0.3) is 0 Å². The molecule has 6 nitrogen and oxygen atoms in total. The molecule has 0 saturated heterocycles. The number of benzene rings is 1. The molecular formula is C23H33FN2O4Si. The van der Waals surface area contributed by atoms with Crippen LogP contribution >= 0.6 is 0 Å². The number of carbonyl (C=O) groups excluding carboxylic acids is 3. The smallest absolute Gasteiger partial charge is 0.329 e. The molecule has 0 aromatic heterocycles. The SMILES string of the molecule is COC(=O)[C@@H](CC#C[Si](C)(C)C(C)(C)C)NC(=O)[C@H](Cc1ccc(F)cc1)NC(C)=O. The summed E-state index contributed by atoms with van der Waals surface area (Å²) in [5.74, 6) is 1.12. The van der Waals surface area contributed by atoms with Crippen molar-refractivity contribution in [3.8, 4) is 11.5 Å². The van der Waals surface area contributed by atoms with E-state index in [9.17, 15) is 18.8 Å². The Labute approximate surface area is 185 Å². The van der Waals surface area contributed by atoms with Gasteiger partial charge in [0.25, 0.3) is 0 Å². The molecule has 31 heavy (non-hydrogen) atoms. The van der Waals surface area contributed by atoms with Crippen LogP contribution in [-0.4, -0.2) is 45.1 Å². The maximum atomic E-state index is 13.2. The second kappa shape index (κ2) is 11.1. The monoisotopic (exact) mass is 448 g/mol. The molecule has 0 bridgehead atoms. The summed E-state index contributed by atoms with van der Waals surface area (Å²) in [6.45, 7) is 12.0. The zero-order valence-electron chi connectivity index (χ0n) is 19.4. The number of rotatable bonds is 7. The average Bonchev–Trinajstić information content (AvgIpc) is 2.66. The van der Waals surface area contributed by atoms with Crippen LogP contribution in [0.2, 0.25) is 18.1 Å². The summed E-state index contributed by atoms with van der Waals surface area (Å²) in [5, 5.41) is 5.28. The van der Waals surface area contributed by atoms with Gasteiger partial charge in [0.15, 0.2) is 0 Å². The number of hydrogen-bond donors (Lipinski definition) is 2. The zero-order valence-corrected chi connectivity index (χ0v) is 20.4. The van der Waals surface area contributed by atoms with Gasteiger partial charge in [-0.15, -0.1) is 11.5 Å². The highest BCUT2D eigenvalue weighted by Gasteiger charge is 2.34. The number of nitrogens with one attached hydrogen (secondary N) is 2. The standard InChI is InChI=1S/C23H33FN2O4Si/c1-16(27)25-20(15-17-10-12-18(24)13-11-17)21(28)26-19(22(29)30-5)9-8-14-31(6,7)23(2,3)4/h10-13,19-20H,9,15H2,1-7H3,(H,25,27)(H,26,28)/t19-,20+/m1/s1. The van der Waals surface area contributed by atoms with Crippen LogP contribution in [-0.2, 0) is 25.5 Å². The quantitative estimate of drug-likeness (QED) is 0.382. The largest absolute Gasteiger partial charge is 0.467 e. The number of halogens is 1. The van der Waals surface area contributed by atoms with Gasteiger partial charge < -0.3 is 15.4 Å². The van der Waals surface area contributed by atoms with Crippen molar-refractivity contribution >= 4 is 25.9 Å². The molecule has 1 aromatic carbocycles. The van der Waals surface area contributed by atoms with Gasteiger partial charge in [0, 0.05) is 19.8 Å². The van der Waals surface area contributed by atoms with Gasteiger partial charge in [-0.3, -0.25) is 9.59 Å². The van der Waals surface area contributed by atoms with Crippen molar-refractivity contribution in [3.05, 3.63) is 35.6 Å². The molecule has 0 aliphatic rings. The Morgan fingerprint density at radius 1 is 1.10 bits per heavy atom. The molecule has 1 aromatic rings. The molecule has 2 atom stereocenters. The normalized spacial score (nSPS) is 13.3. The Morgan fingerprint density at radius 3 is 2.16 bits per heavy atom. The average molecular weight is 449 g/mol. The summed E-state index contributed by atoms with van der Waals surface area (Å²) in [5.41, 5.74) is 3.98. The van der Waals surface area contributed by atoms with Crippen LogP contribution in [0, 0.1) is 17.3 Å². The number of hydrogen-bond acceptors (Lipinski definition) is 4. The molecule has 0 aliphatic carbocycles. The Bertz CT molecular complexity index is 851. The highest BCUT2D eigenvalue weighted by molar-refractivity contribution is 6.87. The molecule has 170 valence electrons. The molecule has 2 N–H and O–H groups in total. The first-order valence-electron chi connectivity index (χ1n) is 10.2. The molecule has 0 radical (unpaired) electrons. The number of ether oxygens (including phenoxy) is 1. The van der Waals surface area contributed by atoms with E-state index in [2.05, 4.69) is 56.0 Å². The summed E-state index contributed by atoms with van der Waals surface area (Å²) in [4.78, 5) is 36.7. The lowest BCUT2D eigenvalue weighted by Gasteiger charge is -2.31. The van der Waals surface area contributed by atoms with E-state index in [-0.39, 0.29) is 17.9 Å². The van der Waals surface area contributed by atoms with Crippen LogP contribution in [0.5, 0.6) is 0 Å². The molecule has 0 fully saturated rings. The summed E-state index contributed by atoms with van der Waals surface area (Å²) in [6, 6.07) is 3.76. The molecule has 0 heterocycles. The lowest BCUT2D eigenvalue weighted by atomic mass is 10.0. The Kier molecular flexibility index (Phi) is 9.44. The van der Waals surface area contributed by atoms with E-state index >= 15 is 0 Å². The summed E-state index contributed by atoms with van der Waals surface area (Å²) < 4.78 is 18.0. The van der Waals surface area contributed by atoms with Crippen molar-refractivity contribution in [1.29, 1.82) is 0 Å². The van der Waals surface area contributed by atoms with Crippen molar-refractivity contribution in [3.63, 3.8) is 0 Å². The van der Waals surface area contributed by atoms with Gasteiger partial charge in [-0.1, -0.05) is 46.0 Å². The minimum absolute atomic E-state index is 0.0651. The van der Waals surface area contributed by atoms with Gasteiger partial charge in [0.05, 0.1) is 7.11 Å². The third-order valence-corrected chi connectivity index (χ3v) is 9.98. The van der Waals surface area contributed by atoms with Crippen molar-refractivity contribution in [2.45, 2.75) is 70.8 Å². The summed E-state index contributed by atoms with van der Waals surface area (Å²) in [7, 11) is -0.627. The van der Waals surface area contributed by atoms with Gasteiger partial charge in [-0.2, -0.15) is 0 Å². The predicted molar refractivity (Wildman–Crippen MR) is 121 cm³/mol. The van der Waals surface area contributed by atoms with Crippen molar-refractivity contribution in [1.82, 2.24) is 10.6 Å². The van der Waals surface area contributed by atoms with Crippen LogP contribution in [0.4, 0.5) is 4.39 Å². The Hall–Kier alpha value is -2.66. The van der Waals surface area contributed by atoms with E-state index in [1.807, 2.05) is 0 Å². The predicted octanol–water partition coefficient (Wildman–Crippen LogP) is 2.97. The topological polar surface area (TPSA) is 84.5 Å². The lowest BCUT2D eigenvalue weighted by Crippen LogP contribution is -2.52. The number of methoxy groups -OCH3 is 1. The van der Waals surface area contributed by atoms with Crippen molar-refractivity contribution in [2.24, 2.45) is 0 Å². The van der Waals surface area contributed by atoms with E-state index in [0.29, 0.717) is 5.56 Å². The van der Waals surface area contributed by atoms with Gasteiger partial charge in [0.2, 0.25) is 11.8 Å². The molecule has 0 spiro atoms. The first kappa shape index (κ1) is 26.4. The Morgan fingerprint density at radius 2 is 1.68 bits per heavy atom. The van der Waals surface area contributed by atoms with Gasteiger partial charge in [-0.25, -0.2) is 9.18 Å². The minimum Gasteiger partial charge on any atom is -0.467 e. The van der Waals surface area contributed by atoms with E-state index in [1.165, 1.54) is 26.2 Å². The molecule has 0 aliphatic heterocycles.